The molecule has 3 N–H and O–H groups in total. The van der Waals surface area contributed by atoms with Gasteiger partial charge in [0.25, 0.3) is 0 Å². The minimum Gasteiger partial charge on any atom is -0.399 e. The molecule has 4 nitrogen and oxygen atoms in total. The van der Waals surface area contributed by atoms with Gasteiger partial charge in [0.1, 0.15) is 0 Å². The minimum atomic E-state index is 0.442. The van der Waals surface area contributed by atoms with Crippen molar-refractivity contribution in [3.8, 4) is 0 Å². The zero-order valence-electron chi connectivity index (χ0n) is 17.1. The van der Waals surface area contributed by atoms with E-state index in [4.69, 9.17) is 5.73 Å². The van der Waals surface area contributed by atoms with Crippen LogP contribution < -0.4 is 11.1 Å². The number of nitrogens with two attached hydrogens (primary N) is 1. The maximum absolute atomic E-state index is 5.73. The van der Waals surface area contributed by atoms with Crippen LogP contribution in [-0.4, -0.2) is 23.8 Å². The summed E-state index contributed by atoms with van der Waals surface area (Å²) in [5, 5.41) is 3.43. The summed E-state index contributed by atoms with van der Waals surface area (Å²) < 4.78 is 0. The van der Waals surface area contributed by atoms with Crippen molar-refractivity contribution in [2.75, 3.05) is 18.8 Å². The number of nitrogens with zero attached hydrogens (tertiary/aromatic N) is 2. The lowest BCUT2D eigenvalue weighted by Crippen LogP contribution is -2.31. The SMILES string of the molecule is C=C(CNC(C)=NCc1ccc(N)cc1)N1CCCC1c1ccccc1CC. The van der Waals surface area contributed by atoms with Gasteiger partial charge < -0.3 is 16.0 Å². The van der Waals surface area contributed by atoms with E-state index >= 15 is 0 Å². The van der Waals surface area contributed by atoms with Crippen LogP contribution in [0.5, 0.6) is 0 Å². The van der Waals surface area contributed by atoms with Gasteiger partial charge in [0.2, 0.25) is 0 Å². The van der Waals surface area contributed by atoms with Gasteiger partial charge in [-0.15, -0.1) is 0 Å². The molecule has 0 amide bonds. The second-order valence-corrected chi connectivity index (χ2v) is 7.47. The number of hydrogen-bond donors (Lipinski definition) is 2. The van der Waals surface area contributed by atoms with Crippen molar-refractivity contribution in [2.45, 2.75) is 45.7 Å². The van der Waals surface area contributed by atoms with Crippen LogP contribution in [0.15, 0.2) is 65.8 Å². The molecule has 1 heterocycles. The highest BCUT2D eigenvalue weighted by Gasteiger charge is 2.27. The number of amidine groups is 1. The van der Waals surface area contributed by atoms with Gasteiger partial charge in [-0.25, -0.2) is 0 Å². The number of nitrogen functional groups attached to an aromatic ring is 1. The Morgan fingerprint density at radius 1 is 1.21 bits per heavy atom. The lowest BCUT2D eigenvalue weighted by Gasteiger charge is -2.30. The first kappa shape index (κ1) is 20.0. The molecule has 1 aliphatic rings. The van der Waals surface area contributed by atoms with E-state index in [-0.39, 0.29) is 0 Å². The molecule has 0 saturated carbocycles. The molecule has 148 valence electrons. The standard InChI is InChI=1S/C24H32N4/c1-4-21-8-5-6-9-23(21)24-10-7-15-28(24)18(2)16-26-19(3)27-17-20-11-13-22(25)14-12-20/h5-6,8-9,11-14,24H,2,4,7,10,15-17,25H2,1,3H3,(H,26,27). The van der Waals surface area contributed by atoms with Gasteiger partial charge >= 0.3 is 0 Å². The van der Waals surface area contributed by atoms with Crippen molar-refractivity contribution in [3.63, 3.8) is 0 Å². The number of aryl methyl sites for hydroxylation is 1. The molecule has 4 heteroatoms. The molecule has 1 fully saturated rings. The second kappa shape index (κ2) is 9.45. The van der Waals surface area contributed by atoms with E-state index in [9.17, 15) is 0 Å². The fraction of sp³-hybridized carbons (Fsp3) is 0.375. The average molecular weight is 377 g/mol. The topological polar surface area (TPSA) is 53.6 Å². The summed E-state index contributed by atoms with van der Waals surface area (Å²) in [7, 11) is 0. The van der Waals surface area contributed by atoms with Crippen LogP contribution in [-0.2, 0) is 13.0 Å². The van der Waals surface area contributed by atoms with Crippen LogP contribution in [0, 0.1) is 0 Å². The van der Waals surface area contributed by atoms with Crippen molar-refractivity contribution < 1.29 is 0 Å². The Balaban J connectivity index is 1.57. The highest BCUT2D eigenvalue weighted by molar-refractivity contribution is 5.79. The molecule has 2 aromatic carbocycles. The Morgan fingerprint density at radius 2 is 1.96 bits per heavy atom. The number of hydrogen-bond acceptors (Lipinski definition) is 3. The third kappa shape index (κ3) is 4.94. The molecule has 1 atom stereocenters. The minimum absolute atomic E-state index is 0.442. The number of benzene rings is 2. The number of rotatable bonds is 7. The van der Waals surface area contributed by atoms with E-state index in [2.05, 4.69) is 53.0 Å². The van der Waals surface area contributed by atoms with Gasteiger partial charge in [0.05, 0.1) is 25.0 Å². The van der Waals surface area contributed by atoms with Crippen molar-refractivity contribution in [2.24, 2.45) is 4.99 Å². The summed E-state index contributed by atoms with van der Waals surface area (Å²) in [6.45, 7) is 11.1. The Hall–Kier alpha value is -2.75. The molecule has 1 unspecified atom stereocenters. The van der Waals surface area contributed by atoms with Gasteiger partial charge in [-0.05, 0) is 55.0 Å². The number of aliphatic imine (C=N–C) groups is 1. The van der Waals surface area contributed by atoms with Crippen LogP contribution in [0.4, 0.5) is 5.69 Å². The van der Waals surface area contributed by atoms with Crippen LogP contribution in [0.3, 0.4) is 0 Å². The van der Waals surface area contributed by atoms with Crippen molar-refractivity contribution in [1.82, 2.24) is 10.2 Å². The van der Waals surface area contributed by atoms with Crippen molar-refractivity contribution in [3.05, 3.63) is 77.5 Å². The van der Waals surface area contributed by atoms with E-state index in [0.717, 1.165) is 42.3 Å². The predicted molar refractivity (Wildman–Crippen MR) is 119 cm³/mol. The summed E-state index contributed by atoms with van der Waals surface area (Å²) in [5.41, 5.74) is 11.7. The normalized spacial score (nSPS) is 17.0. The van der Waals surface area contributed by atoms with Gasteiger partial charge in [0.15, 0.2) is 0 Å². The quantitative estimate of drug-likeness (QED) is 0.419. The molecule has 28 heavy (non-hydrogen) atoms. The van der Waals surface area contributed by atoms with Crippen LogP contribution in [0.1, 0.15) is 49.4 Å². The number of anilines is 1. The predicted octanol–water partition coefficient (Wildman–Crippen LogP) is 4.69. The summed E-state index contributed by atoms with van der Waals surface area (Å²) >= 11 is 0. The Bertz CT molecular complexity index is 823. The van der Waals surface area contributed by atoms with Crippen LogP contribution >= 0.6 is 0 Å². The third-order valence-electron chi connectivity index (χ3n) is 5.48. The molecule has 0 spiro atoms. The Kier molecular flexibility index (Phi) is 6.75. The molecule has 2 aromatic rings. The summed E-state index contributed by atoms with van der Waals surface area (Å²) in [6, 6.07) is 17.1. The highest BCUT2D eigenvalue weighted by Crippen LogP contribution is 2.36. The highest BCUT2D eigenvalue weighted by atomic mass is 15.2. The molecule has 0 radical (unpaired) electrons. The maximum Gasteiger partial charge on any atom is 0.0938 e. The van der Waals surface area contributed by atoms with E-state index in [1.54, 1.807) is 0 Å². The zero-order chi connectivity index (χ0) is 19.9. The van der Waals surface area contributed by atoms with E-state index < -0.39 is 0 Å². The van der Waals surface area contributed by atoms with E-state index in [0.29, 0.717) is 12.6 Å². The number of likely N-dealkylation sites (tertiary alicyclic amines) is 1. The third-order valence-corrected chi connectivity index (χ3v) is 5.48. The Morgan fingerprint density at radius 3 is 2.71 bits per heavy atom. The molecule has 1 saturated heterocycles. The average Bonchev–Trinajstić information content (AvgIpc) is 3.21. The lowest BCUT2D eigenvalue weighted by atomic mass is 9.97. The van der Waals surface area contributed by atoms with Gasteiger partial charge in [0, 0.05) is 17.9 Å². The summed E-state index contributed by atoms with van der Waals surface area (Å²) in [4.78, 5) is 7.10. The molecule has 1 aliphatic heterocycles. The largest absolute Gasteiger partial charge is 0.399 e. The molecular weight excluding hydrogens is 344 g/mol. The zero-order valence-corrected chi connectivity index (χ0v) is 17.1. The molecular formula is C24H32N4. The van der Waals surface area contributed by atoms with Crippen molar-refractivity contribution >= 4 is 11.5 Å². The molecule has 3 rings (SSSR count). The Labute approximate surface area is 169 Å². The first-order chi connectivity index (χ1) is 13.6. The van der Waals surface area contributed by atoms with Gasteiger partial charge in [-0.3, -0.25) is 4.99 Å². The summed E-state index contributed by atoms with van der Waals surface area (Å²) in [5.74, 6) is 0.933. The van der Waals surface area contributed by atoms with E-state index in [1.165, 1.54) is 24.0 Å². The fourth-order valence-electron chi connectivity index (χ4n) is 3.87. The monoisotopic (exact) mass is 376 g/mol. The lowest BCUT2D eigenvalue weighted by molar-refractivity contribution is 0.320. The first-order valence-electron chi connectivity index (χ1n) is 10.2. The fourth-order valence-corrected chi connectivity index (χ4v) is 3.87. The van der Waals surface area contributed by atoms with E-state index in [1.807, 2.05) is 31.2 Å². The second-order valence-electron chi connectivity index (χ2n) is 7.47. The molecule has 0 aliphatic carbocycles. The van der Waals surface area contributed by atoms with Crippen LogP contribution in [0.25, 0.3) is 0 Å². The smallest absolute Gasteiger partial charge is 0.0938 e. The molecule has 0 bridgehead atoms. The maximum atomic E-state index is 5.73. The summed E-state index contributed by atoms with van der Waals surface area (Å²) in [6.07, 6.45) is 3.48. The first-order valence-corrected chi connectivity index (χ1v) is 10.2. The van der Waals surface area contributed by atoms with Crippen LogP contribution in [0.2, 0.25) is 0 Å². The van der Waals surface area contributed by atoms with Gasteiger partial charge in [-0.1, -0.05) is 49.9 Å². The molecule has 0 aromatic heterocycles. The number of nitrogens with one attached hydrogen (secondary N) is 1. The van der Waals surface area contributed by atoms with Crippen molar-refractivity contribution in [1.29, 1.82) is 0 Å². The van der Waals surface area contributed by atoms with Gasteiger partial charge in [-0.2, -0.15) is 0 Å².